The molecule has 0 heterocycles. The molecule has 6 nitrogen and oxygen atoms in total. The van der Waals surface area contributed by atoms with Gasteiger partial charge in [-0.3, -0.25) is 4.79 Å². The summed E-state index contributed by atoms with van der Waals surface area (Å²) in [6, 6.07) is 11.4. The third-order valence-corrected chi connectivity index (χ3v) is 5.02. The first-order chi connectivity index (χ1) is 11.2. The lowest BCUT2D eigenvalue weighted by Crippen LogP contribution is -2.44. The van der Waals surface area contributed by atoms with Gasteiger partial charge >= 0.3 is 5.97 Å². The normalized spacial score (nSPS) is 13.0. The number of sulfonamides is 1. The number of benzene rings is 2. The van der Waals surface area contributed by atoms with Gasteiger partial charge in [0.1, 0.15) is 11.8 Å². The van der Waals surface area contributed by atoms with Crippen LogP contribution in [0.4, 0.5) is 0 Å². The van der Waals surface area contributed by atoms with Gasteiger partial charge in [0.15, 0.2) is 0 Å². The number of hydrogen-bond acceptors (Lipinski definition) is 4. The van der Waals surface area contributed by atoms with E-state index in [1.807, 2.05) is 0 Å². The van der Waals surface area contributed by atoms with E-state index in [9.17, 15) is 18.3 Å². The summed E-state index contributed by atoms with van der Waals surface area (Å²) < 4.78 is 26.9. The van der Waals surface area contributed by atoms with E-state index in [-0.39, 0.29) is 16.6 Å². The third-order valence-electron chi connectivity index (χ3n) is 3.56. The number of phenolic OH excluding ortho intramolecular Hbond substituents is 1. The van der Waals surface area contributed by atoms with Gasteiger partial charge in [0.2, 0.25) is 10.0 Å². The number of aliphatic carboxylic acids is 1. The Morgan fingerprint density at radius 3 is 2.17 bits per heavy atom. The molecule has 0 fully saturated rings. The van der Waals surface area contributed by atoms with E-state index in [2.05, 4.69) is 4.72 Å². The average molecular weight is 349 g/mol. The largest absolute Gasteiger partial charge is 0.508 e. The molecule has 0 bridgehead atoms. The maximum Gasteiger partial charge on any atom is 0.322 e. The Bertz CT molecular complexity index is 828. The molecular weight excluding hydrogens is 330 g/mol. The summed E-state index contributed by atoms with van der Waals surface area (Å²) in [6.07, 6.45) is 0. The molecule has 3 N–H and O–H groups in total. The molecule has 0 aliphatic heterocycles. The lowest BCUT2D eigenvalue weighted by atomic mass is 10.1. The minimum absolute atomic E-state index is 0.0155. The summed E-state index contributed by atoms with van der Waals surface area (Å²) in [7, 11) is -3.94. The Balaban J connectivity index is 2.27. The highest BCUT2D eigenvalue weighted by Crippen LogP contribution is 2.24. The van der Waals surface area contributed by atoms with Crippen LogP contribution in [0.2, 0.25) is 0 Å². The molecule has 0 spiro atoms. The predicted molar refractivity (Wildman–Crippen MR) is 90.1 cm³/mol. The second-order valence-corrected chi connectivity index (χ2v) is 7.47. The van der Waals surface area contributed by atoms with Crippen LogP contribution in [0.5, 0.6) is 5.75 Å². The Kier molecular flexibility index (Phi) is 5.26. The highest BCUT2D eigenvalue weighted by Gasteiger charge is 2.27. The number of carboxylic acids is 1. The number of rotatable bonds is 6. The topological polar surface area (TPSA) is 104 Å². The number of carboxylic acid groups (broad SMARTS) is 1. The molecule has 2 rings (SSSR count). The zero-order valence-corrected chi connectivity index (χ0v) is 14.1. The van der Waals surface area contributed by atoms with Crippen LogP contribution in [-0.4, -0.2) is 30.6 Å². The number of aromatic hydroxyl groups is 1. The summed E-state index contributed by atoms with van der Waals surface area (Å²) in [5.74, 6) is -1.49. The van der Waals surface area contributed by atoms with Crippen molar-refractivity contribution in [1.82, 2.24) is 4.72 Å². The van der Waals surface area contributed by atoms with Crippen molar-refractivity contribution in [3.63, 3.8) is 0 Å². The first-order valence-electron chi connectivity index (χ1n) is 7.35. The van der Waals surface area contributed by atoms with E-state index in [4.69, 9.17) is 5.11 Å². The highest BCUT2D eigenvalue weighted by molar-refractivity contribution is 7.89. The van der Waals surface area contributed by atoms with Gasteiger partial charge in [-0.25, -0.2) is 8.42 Å². The lowest BCUT2D eigenvalue weighted by Gasteiger charge is -2.18. The number of nitrogens with one attached hydrogen (secondary N) is 1. The molecule has 2 aromatic carbocycles. The molecule has 2 aromatic rings. The zero-order valence-electron chi connectivity index (χ0n) is 13.3. The van der Waals surface area contributed by atoms with Gasteiger partial charge in [-0.1, -0.05) is 38.1 Å². The van der Waals surface area contributed by atoms with Crippen molar-refractivity contribution in [2.24, 2.45) is 5.92 Å². The second kappa shape index (κ2) is 7.02. The van der Waals surface area contributed by atoms with Gasteiger partial charge in [0.05, 0.1) is 4.90 Å². The van der Waals surface area contributed by atoms with Gasteiger partial charge in [0, 0.05) is 0 Å². The zero-order chi connectivity index (χ0) is 17.9. The maximum atomic E-state index is 12.3. The lowest BCUT2D eigenvalue weighted by molar-refractivity contribution is -0.140. The minimum atomic E-state index is -3.94. The van der Waals surface area contributed by atoms with Crippen molar-refractivity contribution >= 4 is 16.0 Å². The molecule has 24 heavy (non-hydrogen) atoms. The van der Waals surface area contributed by atoms with Crippen LogP contribution in [-0.2, 0) is 14.8 Å². The quantitative estimate of drug-likeness (QED) is 0.743. The average Bonchev–Trinajstić information content (AvgIpc) is 2.52. The van der Waals surface area contributed by atoms with Crippen LogP contribution in [0.1, 0.15) is 13.8 Å². The summed E-state index contributed by atoms with van der Waals surface area (Å²) in [6.45, 7) is 3.26. The van der Waals surface area contributed by atoms with E-state index in [0.29, 0.717) is 0 Å². The molecule has 0 amide bonds. The highest BCUT2D eigenvalue weighted by atomic mass is 32.2. The minimum Gasteiger partial charge on any atom is -0.508 e. The monoisotopic (exact) mass is 349 g/mol. The first kappa shape index (κ1) is 18.0. The van der Waals surface area contributed by atoms with Crippen LogP contribution in [0.15, 0.2) is 53.4 Å². The molecule has 0 aliphatic carbocycles. The van der Waals surface area contributed by atoms with Crippen LogP contribution in [0.3, 0.4) is 0 Å². The van der Waals surface area contributed by atoms with Gasteiger partial charge in [-0.2, -0.15) is 4.72 Å². The van der Waals surface area contributed by atoms with Crippen molar-refractivity contribution in [3.8, 4) is 16.9 Å². The van der Waals surface area contributed by atoms with Crippen molar-refractivity contribution in [3.05, 3.63) is 48.5 Å². The number of phenols is 1. The smallest absolute Gasteiger partial charge is 0.322 e. The van der Waals surface area contributed by atoms with Gasteiger partial charge in [0.25, 0.3) is 0 Å². The van der Waals surface area contributed by atoms with Crippen LogP contribution < -0.4 is 4.72 Å². The third kappa shape index (κ3) is 4.12. The van der Waals surface area contributed by atoms with Gasteiger partial charge in [-0.15, -0.1) is 0 Å². The van der Waals surface area contributed by atoms with Gasteiger partial charge in [-0.05, 0) is 41.3 Å². The van der Waals surface area contributed by atoms with Gasteiger partial charge < -0.3 is 10.2 Å². The Hall–Kier alpha value is -2.38. The number of hydrogen-bond donors (Lipinski definition) is 3. The standard InChI is InChI=1S/C17H19NO5S/c1-11(2)16(17(20)21)18-24(22,23)15-8-6-12(7-9-15)13-4-3-5-14(19)10-13/h3-11,16,18-19H,1-2H3,(H,20,21)/t16-/m1/s1. The molecule has 0 aromatic heterocycles. The predicted octanol–water partition coefficient (Wildman–Crippen LogP) is 2.45. The van der Waals surface area contributed by atoms with Crippen LogP contribution in [0, 0.1) is 5.92 Å². The summed E-state index contributed by atoms with van der Waals surface area (Å²) in [4.78, 5) is 11.2. The fraction of sp³-hybridized carbons (Fsp3) is 0.235. The maximum absolute atomic E-state index is 12.3. The Morgan fingerprint density at radius 2 is 1.67 bits per heavy atom. The molecule has 7 heteroatoms. The molecule has 128 valence electrons. The SMILES string of the molecule is CC(C)[C@@H](NS(=O)(=O)c1ccc(-c2cccc(O)c2)cc1)C(=O)O. The Morgan fingerprint density at radius 1 is 1.04 bits per heavy atom. The van der Waals surface area contributed by atoms with Crippen molar-refractivity contribution in [2.75, 3.05) is 0 Å². The molecule has 0 unspecified atom stereocenters. The van der Waals surface area contributed by atoms with Crippen molar-refractivity contribution in [2.45, 2.75) is 24.8 Å². The Labute approximate surface area is 140 Å². The summed E-state index contributed by atoms with van der Waals surface area (Å²) in [5, 5.41) is 18.6. The summed E-state index contributed by atoms with van der Waals surface area (Å²) in [5.41, 5.74) is 1.49. The fourth-order valence-electron chi connectivity index (χ4n) is 2.22. The van der Waals surface area contributed by atoms with Crippen LogP contribution in [0.25, 0.3) is 11.1 Å². The van der Waals surface area contributed by atoms with Crippen LogP contribution >= 0.6 is 0 Å². The molecule has 0 saturated carbocycles. The molecule has 0 aliphatic rings. The van der Waals surface area contributed by atoms with E-state index in [1.165, 1.54) is 12.1 Å². The second-order valence-electron chi connectivity index (χ2n) is 5.76. The first-order valence-corrected chi connectivity index (χ1v) is 8.83. The molecule has 0 radical (unpaired) electrons. The fourth-order valence-corrected chi connectivity index (χ4v) is 3.56. The molecule has 1 atom stereocenters. The summed E-state index contributed by atoms with van der Waals surface area (Å²) >= 11 is 0. The van der Waals surface area contributed by atoms with Crippen molar-refractivity contribution in [1.29, 1.82) is 0 Å². The number of carbonyl (C=O) groups is 1. The van der Waals surface area contributed by atoms with E-state index in [0.717, 1.165) is 11.1 Å². The molecular formula is C17H19NO5S. The van der Waals surface area contributed by atoms with E-state index >= 15 is 0 Å². The van der Waals surface area contributed by atoms with E-state index in [1.54, 1.807) is 50.2 Å². The molecule has 0 saturated heterocycles. The van der Waals surface area contributed by atoms with E-state index < -0.39 is 22.0 Å². The van der Waals surface area contributed by atoms with Crippen molar-refractivity contribution < 1.29 is 23.4 Å².